The number of nitro groups is 1. The van der Waals surface area contributed by atoms with Crippen molar-refractivity contribution in [3.63, 3.8) is 0 Å². The summed E-state index contributed by atoms with van der Waals surface area (Å²) in [6.07, 6.45) is 6.09. The van der Waals surface area contributed by atoms with Gasteiger partial charge in [0, 0.05) is 46.7 Å². The van der Waals surface area contributed by atoms with Crippen molar-refractivity contribution in [2.24, 2.45) is 0 Å². The van der Waals surface area contributed by atoms with Gasteiger partial charge in [0.15, 0.2) is 11.6 Å². The number of amides is 6. The second kappa shape index (κ2) is 29.4. The van der Waals surface area contributed by atoms with Crippen LogP contribution in [0, 0.1) is 10.1 Å². The standard InChI is InChI=1S/C23H18N6O2.C22H16N6O4.C20H15N5O3/c30-20(15-14-17-9-3-1-4-10-17)25-23-27-22(26-21(31)18-11-5-2-6-12-18)28-29(23)19-13-7-8-16-24-19;29-19(15-8-3-1-4-9-15)23-21-25-22(27(26-21)17-11-5-2-6-12-17)24-20(30)16-10-7-13-18(14-16)28(31)32;26-17(14-8-3-1-4-9-14)21-19-23-20(22-18(27)16-12-7-13-28-16)25(24-19)15-10-5-2-6-11-15/h1-16H,(H2,25,26,27,28,30,31);1-14H,(H2,23,24,25,26,29,30);1-13H,(H2,21,22,23,24,26,27)/b15-14+;;. The van der Waals surface area contributed by atoms with E-state index in [4.69, 9.17) is 4.42 Å². The quantitative estimate of drug-likeness (QED) is 0.0280. The van der Waals surface area contributed by atoms with Crippen molar-refractivity contribution in [1.29, 1.82) is 0 Å². The highest BCUT2D eigenvalue weighted by Crippen LogP contribution is 2.22. The number of nitrogens with one attached hydrogen (secondary N) is 6. The molecule has 12 rings (SSSR count). The number of non-ortho nitro benzene ring substituents is 1. The summed E-state index contributed by atoms with van der Waals surface area (Å²) in [6, 6.07) is 67.2. The average molecular weight is 1210 g/mol. The van der Waals surface area contributed by atoms with Gasteiger partial charge < -0.3 is 4.42 Å². The van der Waals surface area contributed by atoms with E-state index >= 15 is 0 Å². The second-order valence-electron chi connectivity index (χ2n) is 18.8. The minimum absolute atomic E-state index is 0.0166. The van der Waals surface area contributed by atoms with Crippen LogP contribution in [-0.4, -0.2) is 89.6 Å². The summed E-state index contributed by atoms with van der Waals surface area (Å²) in [4.78, 5) is 102. The highest BCUT2D eigenvalue weighted by atomic mass is 16.6. The molecule has 7 aromatic carbocycles. The molecule has 448 valence electrons. The number of anilines is 6. The Kier molecular flexibility index (Phi) is 19.6. The van der Waals surface area contributed by atoms with E-state index in [1.807, 2.05) is 66.7 Å². The fourth-order valence-corrected chi connectivity index (χ4v) is 8.16. The van der Waals surface area contributed by atoms with E-state index in [0.29, 0.717) is 33.9 Å². The molecule has 0 aliphatic rings. The average Bonchev–Trinajstić information content (AvgIpc) is 2.67. The van der Waals surface area contributed by atoms with Crippen molar-refractivity contribution in [2.75, 3.05) is 31.9 Å². The molecule has 6 N–H and O–H groups in total. The molecule has 0 aliphatic carbocycles. The van der Waals surface area contributed by atoms with Crippen LogP contribution in [-0.2, 0) is 4.79 Å². The van der Waals surface area contributed by atoms with Gasteiger partial charge in [0.25, 0.3) is 59.0 Å². The summed E-state index contributed by atoms with van der Waals surface area (Å²) in [7, 11) is 0. The van der Waals surface area contributed by atoms with Gasteiger partial charge >= 0.3 is 0 Å². The van der Waals surface area contributed by atoms with Gasteiger partial charge in [-0.25, -0.2) is 4.98 Å². The normalized spacial score (nSPS) is 10.5. The van der Waals surface area contributed by atoms with Crippen molar-refractivity contribution in [1.82, 2.24) is 49.3 Å². The molecule has 5 aromatic heterocycles. The Labute approximate surface area is 516 Å². The molecule has 0 saturated carbocycles. The summed E-state index contributed by atoms with van der Waals surface area (Å²) >= 11 is 0. The number of carbonyl (C=O) groups excluding carboxylic acids is 6. The van der Waals surface area contributed by atoms with Gasteiger partial charge in [-0.15, -0.1) is 15.3 Å². The lowest BCUT2D eigenvalue weighted by molar-refractivity contribution is -0.384. The third-order valence-corrected chi connectivity index (χ3v) is 12.4. The van der Waals surface area contributed by atoms with Gasteiger partial charge in [-0.05, 0) is 103 Å². The zero-order valence-corrected chi connectivity index (χ0v) is 47.4. The molecule has 0 atom stereocenters. The Morgan fingerprint density at radius 3 is 1.29 bits per heavy atom. The second-order valence-corrected chi connectivity index (χ2v) is 18.8. The van der Waals surface area contributed by atoms with Crippen molar-refractivity contribution >= 4 is 82.9 Å². The van der Waals surface area contributed by atoms with Crippen LogP contribution in [0.25, 0.3) is 23.3 Å². The van der Waals surface area contributed by atoms with E-state index in [0.717, 1.165) is 11.6 Å². The van der Waals surface area contributed by atoms with Crippen LogP contribution in [0.15, 0.2) is 260 Å². The van der Waals surface area contributed by atoms with Gasteiger partial charge in [0.2, 0.25) is 17.8 Å². The highest BCUT2D eigenvalue weighted by Gasteiger charge is 2.22. The summed E-state index contributed by atoms with van der Waals surface area (Å²) in [5.41, 5.74) is 3.38. The van der Waals surface area contributed by atoms with E-state index in [-0.39, 0.29) is 64.5 Å². The first-order chi connectivity index (χ1) is 44.4. The van der Waals surface area contributed by atoms with E-state index in [1.165, 1.54) is 50.7 Å². The third kappa shape index (κ3) is 16.4. The van der Waals surface area contributed by atoms with Gasteiger partial charge in [-0.3, -0.25) is 70.8 Å². The maximum Gasteiger partial charge on any atom is 0.293 e. The summed E-state index contributed by atoms with van der Waals surface area (Å²) < 4.78 is 9.25. The Bertz CT molecular complexity index is 4500. The van der Waals surface area contributed by atoms with Crippen LogP contribution >= 0.6 is 0 Å². The van der Waals surface area contributed by atoms with E-state index in [2.05, 4.69) is 67.1 Å². The Hall–Kier alpha value is -13.7. The Morgan fingerprint density at radius 2 is 0.835 bits per heavy atom. The molecule has 0 fully saturated rings. The molecule has 0 radical (unpaired) electrons. The third-order valence-electron chi connectivity index (χ3n) is 12.4. The summed E-state index contributed by atoms with van der Waals surface area (Å²) in [6.45, 7) is 0. The zero-order valence-electron chi connectivity index (χ0n) is 47.4. The lowest BCUT2D eigenvalue weighted by atomic mass is 10.2. The minimum atomic E-state index is -0.612. The predicted molar refractivity (Wildman–Crippen MR) is 337 cm³/mol. The van der Waals surface area contributed by atoms with Gasteiger partial charge in [-0.1, -0.05) is 133 Å². The number of carbonyl (C=O) groups is 6. The summed E-state index contributed by atoms with van der Waals surface area (Å²) in [5.74, 6) is -1.62. The number of aromatic nitrogens is 10. The van der Waals surface area contributed by atoms with Crippen molar-refractivity contribution < 1.29 is 38.1 Å². The van der Waals surface area contributed by atoms with Crippen molar-refractivity contribution in [3.8, 4) is 17.2 Å². The molecule has 0 bridgehead atoms. The van der Waals surface area contributed by atoms with E-state index in [1.54, 1.807) is 152 Å². The first kappa shape index (κ1) is 60.5. The molecule has 0 saturated heterocycles. The predicted octanol–water partition coefficient (Wildman–Crippen LogP) is 10.6. The number of rotatable bonds is 17. The largest absolute Gasteiger partial charge is 0.459 e. The summed E-state index contributed by atoms with van der Waals surface area (Å²) in [5, 5.41) is 39.7. The smallest absolute Gasteiger partial charge is 0.293 e. The van der Waals surface area contributed by atoms with Crippen LogP contribution < -0.4 is 31.9 Å². The fourth-order valence-electron chi connectivity index (χ4n) is 8.16. The van der Waals surface area contributed by atoms with Crippen LogP contribution in [0.3, 0.4) is 0 Å². The molecule has 26 nitrogen and oxygen atoms in total. The zero-order chi connectivity index (χ0) is 63.3. The number of pyridine rings is 1. The van der Waals surface area contributed by atoms with Crippen LogP contribution in [0.4, 0.5) is 41.4 Å². The molecular formula is C65H49N17O9. The number of furan rings is 1. The molecule has 91 heavy (non-hydrogen) atoms. The number of nitrogens with zero attached hydrogens (tertiary/aromatic N) is 11. The maximum absolute atomic E-state index is 12.7. The topological polar surface area (TPSA) is 336 Å². The first-order valence-electron chi connectivity index (χ1n) is 27.4. The number of hydrogen-bond donors (Lipinski definition) is 6. The Balaban J connectivity index is 0.000000150. The maximum atomic E-state index is 12.7. The van der Waals surface area contributed by atoms with Crippen molar-refractivity contribution in [2.45, 2.75) is 0 Å². The van der Waals surface area contributed by atoms with Crippen molar-refractivity contribution in [3.05, 3.63) is 299 Å². The number of nitro benzene ring substituents is 1. The highest BCUT2D eigenvalue weighted by molar-refractivity contribution is 6.07. The number of benzene rings is 7. The molecular weight excluding hydrogens is 1160 g/mol. The van der Waals surface area contributed by atoms with Crippen LogP contribution in [0.5, 0.6) is 0 Å². The first-order valence-corrected chi connectivity index (χ1v) is 27.4. The lowest BCUT2D eigenvalue weighted by Gasteiger charge is -2.07. The molecule has 26 heteroatoms. The lowest BCUT2D eigenvalue weighted by Crippen LogP contribution is -2.16. The molecule has 0 spiro atoms. The van der Waals surface area contributed by atoms with Gasteiger partial charge in [-0.2, -0.15) is 29.0 Å². The Morgan fingerprint density at radius 1 is 0.418 bits per heavy atom. The number of hydrogen-bond acceptors (Lipinski definition) is 16. The van der Waals surface area contributed by atoms with E-state index in [9.17, 15) is 38.9 Å². The van der Waals surface area contributed by atoms with Gasteiger partial charge in [0.1, 0.15) is 0 Å². The fraction of sp³-hybridized carbons (Fsp3) is 0. The monoisotopic (exact) mass is 1210 g/mol. The van der Waals surface area contributed by atoms with Gasteiger partial charge in [0.05, 0.1) is 22.6 Å². The number of para-hydroxylation sites is 2. The molecule has 12 aromatic rings. The molecule has 0 unspecified atom stereocenters. The minimum Gasteiger partial charge on any atom is -0.459 e. The molecule has 0 aliphatic heterocycles. The SMILES string of the molecule is O=C(/C=C/c1ccccc1)Nc1nc(NC(=O)c2ccccc2)nn1-c1ccccn1.O=C(Nc1nc(NC(=O)c2cccc([N+](=O)[O-])c2)n(-c2ccccc2)n1)c1ccccc1.O=C(Nc1nc(NC(=O)c2ccco2)n(-c2ccccc2)n1)c1ccccc1. The van der Waals surface area contributed by atoms with Crippen LogP contribution in [0.1, 0.15) is 57.6 Å². The van der Waals surface area contributed by atoms with E-state index < -0.39 is 28.6 Å². The molecule has 5 heterocycles. The van der Waals surface area contributed by atoms with Crippen LogP contribution in [0.2, 0.25) is 0 Å². The molecule has 6 amide bonds.